The highest BCUT2D eigenvalue weighted by atomic mass is 16.2. The zero-order valence-corrected chi connectivity index (χ0v) is 3.14. The number of amides is 2. The highest BCUT2D eigenvalue weighted by Crippen LogP contribution is 1.59. The number of aliphatic imine (C=N–C) groups is 1. The minimum atomic E-state index is -0.616. The van der Waals surface area contributed by atoms with Crippen LogP contribution in [0.1, 0.15) is 0 Å². The molecule has 2 amide bonds. The van der Waals surface area contributed by atoms with Crippen molar-refractivity contribution in [3.8, 4) is 0 Å². The molecular formula is C2H5N3O. The molecule has 0 rings (SSSR count). The third-order valence-electron chi connectivity index (χ3n) is 0.267. The van der Waals surface area contributed by atoms with E-state index in [0.29, 0.717) is 0 Å². The van der Waals surface area contributed by atoms with Crippen molar-refractivity contribution in [3.63, 3.8) is 0 Å². The van der Waals surface area contributed by atoms with Crippen LogP contribution in [0.5, 0.6) is 0 Å². The lowest BCUT2D eigenvalue weighted by Gasteiger charge is -1.82. The van der Waals surface area contributed by atoms with Gasteiger partial charge in [-0.05, 0) is 6.72 Å². The summed E-state index contributed by atoms with van der Waals surface area (Å²) in [5.41, 5.74) is 1.75. The van der Waals surface area contributed by atoms with Crippen molar-refractivity contribution in [3.05, 3.63) is 0 Å². The molecule has 0 unspecified atom stereocenters. The van der Waals surface area contributed by atoms with Gasteiger partial charge in [-0.1, -0.05) is 0 Å². The lowest BCUT2D eigenvalue weighted by atomic mass is 11.1. The van der Waals surface area contributed by atoms with Gasteiger partial charge in [0, 0.05) is 0 Å². The van der Waals surface area contributed by atoms with E-state index in [2.05, 4.69) is 17.6 Å². The zero-order valence-electron chi connectivity index (χ0n) is 3.14. The smallest absolute Gasteiger partial charge is 0.274 e. The minimum Gasteiger partial charge on any atom is -0.274 e. The van der Waals surface area contributed by atoms with Gasteiger partial charge in [-0.25, -0.2) is 15.6 Å². The van der Waals surface area contributed by atoms with E-state index < -0.39 is 6.03 Å². The number of carbonyl (C=O) groups excluding carboxylic acids is 1. The number of nitrogens with one attached hydrogen (secondary N) is 1. The van der Waals surface area contributed by atoms with Gasteiger partial charge in [0.2, 0.25) is 0 Å². The number of rotatable bonds is 0. The molecule has 0 aromatic rings. The summed E-state index contributed by atoms with van der Waals surface area (Å²) in [6, 6.07) is -0.616. The van der Waals surface area contributed by atoms with E-state index >= 15 is 0 Å². The van der Waals surface area contributed by atoms with Crippen molar-refractivity contribution >= 4 is 12.7 Å². The molecule has 0 aliphatic carbocycles. The Morgan fingerprint density at radius 1 is 2.00 bits per heavy atom. The minimum absolute atomic E-state index is 0.616. The first-order valence-corrected chi connectivity index (χ1v) is 1.28. The van der Waals surface area contributed by atoms with Crippen molar-refractivity contribution in [2.45, 2.75) is 0 Å². The highest BCUT2D eigenvalue weighted by molar-refractivity contribution is 5.77. The lowest BCUT2D eigenvalue weighted by Crippen LogP contribution is -2.26. The Kier molecular flexibility index (Phi) is 1.99. The van der Waals surface area contributed by atoms with Crippen LogP contribution in [-0.4, -0.2) is 12.7 Å². The molecule has 3 N–H and O–H groups in total. The van der Waals surface area contributed by atoms with Crippen LogP contribution in [0, 0.1) is 0 Å². The van der Waals surface area contributed by atoms with Gasteiger partial charge >= 0.3 is 6.03 Å². The molecule has 34 valence electrons. The van der Waals surface area contributed by atoms with Crippen LogP contribution in [0.4, 0.5) is 4.79 Å². The fourth-order valence-corrected chi connectivity index (χ4v) is 0.0456. The van der Waals surface area contributed by atoms with Gasteiger partial charge in [0.1, 0.15) is 0 Å². The largest absolute Gasteiger partial charge is 0.354 e. The van der Waals surface area contributed by atoms with Crippen molar-refractivity contribution in [2.75, 3.05) is 0 Å². The maximum Gasteiger partial charge on any atom is 0.354 e. The molecule has 0 heterocycles. The summed E-state index contributed by atoms with van der Waals surface area (Å²) < 4.78 is 0. The van der Waals surface area contributed by atoms with E-state index in [1.54, 1.807) is 5.43 Å². The molecule has 0 aromatic heterocycles. The second-order valence-electron chi connectivity index (χ2n) is 0.608. The van der Waals surface area contributed by atoms with E-state index in [-0.39, 0.29) is 0 Å². The Labute approximate surface area is 35.0 Å². The van der Waals surface area contributed by atoms with E-state index in [1.165, 1.54) is 0 Å². The quantitative estimate of drug-likeness (QED) is 0.177. The van der Waals surface area contributed by atoms with Gasteiger partial charge < -0.3 is 0 Å². The van der Waals surface area contributed by atoms with E-state index in [1.807, 2.05) is 0 Å². The third kappa shape index (κ3) is 1.42. The Bertz CT molecular complexity index is 69.2. The fraction of sp³-hybridized carbons (Fsp3) is 0. The summed E-state index contributed by atoms with van der Waals surface area (Å²) in [4.78, 5) is 12.6. The van der Waals surface area contributed by atoms with Gasteiger partial charge in [0.25, 0.3) is 0 Å². The number of hydrazine groups is 1. The molecule has 4 nitrogen and oxygen atoms in total. The Balaban J connectivity index is 3.23. The molecule has 0 fully saturated rings. The van der Waals surface area contributed by atoms with Crippen molar-refractivity contribution in [2.24, 2.45) is 10.8 Å². The van der Waals surface area contributed by atoms with Crippen molar-refractivity contribution < 1.29 is 4.79 Å². The van der Waals surface area contributed by atoms with Crippen molar-refractivity contribution in [1.29, 1.82) is 0 Å². The second-order valence-corrected chi connectivity index (χ2v) is 0.608. The fourth-order valence-electron chi connectivity index (χ4n) is 0.0456. The highest BCUT2D eigenvalue weighted by Gasteiger charge is 1.81. The molecule has 0 aromatic carbocycles. The molecule has 0 saturated carbocycles. The van der Waals surface area contributed by atoms with Crippen LogP contribution in [-0.2, 0) is 0 Å². The average Bonchev–Trinajstić information content (AvgIpc) is 1.65. The number of carbonyl (C=O) groups is 1. The number of hydrogen-bond donors (Lipinski definition) is 2. The number of urea groups is 1. The number of nitrogens with two attached hydrogens (primary N) is 1. The van der Waals surface area contributed by atoms with E-state index in [0.717, 1.165) is 0 Å². The summed E-state index contributed by atoms with van der Waals surface area (Å²) in [6.45, 7) is 2.89. The number of nitrogens with zero attached hydrogens (tertiary/aromatic N) is 1. The van der Waals surface area contributed by atoms with Gasteiger partial charge in [-0.3, -0.25) is 5.43 Å². The van der Waals surface area contributed by atoms with Crippen LogP contribution in [0.3, 0.4) is 0 Å². The molecule has 0 bridgehead atoms. The first kappa shape index (κ1) is 5.10. The topological polar surface area (TPSA) is 67.5 Å². The molecular weight excluding hydrogens is 82.0 g/mol. The maximum absolute atomic E-state index is 9.72. The monoisotopic (exact) mass is 87.0 g/mol. The zero-order chi connectivity index (χ0) is 4.99. The first-order chi connectivity index (χ1) is 2.81. The molecule has 0 radical (unpaired) electrons. The average molecular weight is 87.1 g/mol. The molecule has 0 atom stereocenters. The predicted molar refractivity (Wildman–Crippen MR) is 22.3 cm³/mol. The standard InChI is InChI=1S/C2H5N3O/c1-4-2(6)5-3/h1,3H2,(H,5,6). The molecule has 6 heavy (non-hydrogen) atoms. The first-order valence-electron chi connectivity index (χ1n) is 1.28. The van der Waals surface area contributed by atoms with Crippen LogP contribution >= 0.6 is 0 Å². The maximum atomic E-state index is 9.72. The van der Waals surface area contributed by atoms with Crippen LogP contribution in [0.25, 0.3) is 0 Å². The molecule has 0 spiro atoms. The normalized spacial score (nSPS) is 6.83. The van der Waals surface area contributed by atoms with Crippen LogP contribution in [0.2, 0.25) is 0 Å². The van der Waals surface area contributed by atoms with E-state index in [9.17, 15) is 4.79 Å². The van der Waals surface area contributed by atoms with Gasteiger partial charge in [-0.15, -0.1) is 0 Å². The molecule has 0 saturated heterocycles. The lowest BCUT2D eigenvalue weighted by molar-refractivity contribution is 0.249. The van der Waals surface area contributed by atoms with Gasteiger partial charge in [0.05, 0.1) is 0 Å². The van der Waals surface area contributed by atoms with Gasteiger partial charge in [-0.2, -0.15) is 0 Å². The molecule has 0 aliphatic rings. The second kappa shape index (κ2) is 2.34. The summed E-state index contributed by atoms with van der Waals surface area (Å²) >= 11 is 0. The third-order valence-corrected chi connectivity index (χ3v) is 0.267. The summed E-state index contributed by atoms with van der Waals surface area (Å²) in [5.74, 6) is 4.55. The van der Waals surface area contributed by atoms with E-state index in [4.69, 9.17) is 0 Å². The molecule has 0 aliphatic heterocycles. The number of hydrogen-bond acceptors (Lipinski definition) is 2. The summed E-state index contributed by atoms with van der Waals surface area (Å²) in [5, 5.41) is 0. The summed E-state index contributed by atoms with van der Waals surface area (Å²) in [7, 11) is 0. The Morgan fingerprint density at radius 2 is 2.50 bits per heavy atom. The van der Waals surface area contributed by atoms with Crippen LogP contribution < -0.4 is 11.3 Å². The summed E-state index contributed by atoms with van der Waals surface area (Å²) in [6.07, 6.45) is 0. The SMILES string of the molecule is C=NC(=O)NN. The van der Waals surface area contributed by atoms with Crippen LogP contribution in [0.15, 0.2) is 4.99 Å². The Morgan fingerprint density at radius 3 is 2.50 bits per heavy atom. The Hall–Kier alpha value is -0.900. The predicted octanol–water partition coefficient (Wildman–Crippen LogP) is -0.730. The van der Waals surface area contributed by atoms with Gasteiger partial charge in [0.15, 0.2) is 0 Å². The van der Waals surface area contributed by atoms with Crippen molar-refractivity contribution in [1.82, 2.24) is 5.43 Å². The molecule has 4 heteroatoms.